The molecule has 0 radical (unpaired) electrons. The Labute approximate surface area is 132 Å². The van der Waals surface area contributed by atoms with E-state index in [4.69, 9.17) is 0 Å². The lowest BCUT2D eigenvalue weighted by molar-refractivity contribution is 0.0538. The maximum Gasteiger partial charge on any atom is 0.0203 e. The zero-order valence-electron chi connectivity index (χ0n) is 14.9. The quantitative estimate of drug-likeness (QED) is 0.770. The molecule has 0 aliphatic carbocycles. The Morgan fingerprint density at radius 3 is 2.05 bits per heavy atom. The van der Waals surface area contributed by atoms with Gasteiger partial charge in [0.05, 0.1) is 0 Å². The topological polar surface area (TPSA) is 6.48 Å². The van der Waals surface area contributed by atoms with Crippen molar-refractivity contribution >= 4 is 0 Å². The number of piperidine rings is 2. The van der Waals surface area contributed by atoms with Crippen LogP contribution >= 0.6 is 0 Å². The monoisotopic (exact) mass is 292 g/mol. The maximum atomic E-state index is 4.13. The van der Waals surface area contributed by atoms with E-state index in [0.29, 0.717) is 0 Å². The van der Waals surface area contributed by atoms with Gasteiger partial charge in [0, 0.05) is 25.3 Å². The molecule has 0 saturated carbocycles. The van der Waals surface area contributed by atoms with Crippen molar-refractivity contribution in [1.82, 2.24) is 9.80 Å². The summed E-state index contributed by atoms with van der Waals surface area (Å²) in [5, 5.41) is 0. The van der Waals surface area contributed by atoms with Crippen molar-refractivity contribution in [2.24, 2.45) is 29.6 Å². The first-order chi connectivity index (χ1) is 9.88. The van der Waals surface area contributed by atoms with Crippen molar-refractivity contribution in [3.05, 3.63) is 12.3 Å². The Morgan fingerprint density at radius 1 is 1.10 bits per heavy atom. The number of hydrogen-bond donors (Lipinski definition) is 0. The zero-order chi connectivity index (χ0) is 15.6. The second-order valence-corrected chi connectivity index (χ2v) is 8.14. The summed E-state index contributed by atoms with van der Waals surface area (Å²) in [6.45, 7) is 22.3. The van der Waals surface area contributed by atoms with Crippen LogP contribution in [-0.4, -0.2) is 42.5 Å². The predicted molar refractivity (Wildman–Crippen MR) is 92.2 cm³/mol. The molecule has 0 aromatic rings. The van der Waals surface area contributed by atoms with Crippen LogP contribution in [0.4, 0.5) is 0 Å². The van der Waals surface area contributed by atoms with Crippen LogP contribution in [-0.2, 0) is 0 Å². The van der Waals surface area contributed by atoms with E-state index >= 15 is 0 Å². The molecule has 2 saturated heterocycles. The van der Waals surface area contributed by atoms with Crippen molar-refractivity contribution < 1.29 is 0 Å². The molecular weight excluding hydrogens is 256 g/mol. The third kappa shape index (κ3) is 4.25. The molecule has 122 valence electrons. The highest BCUT2D eigenvalue weighted by molar-refractivity contribution is 4.95. The maximum absolute atomic E-state index is 4.13. The molecule has 2 aliphatic rings. The summed E-state index contributed by atoms with van der Waals surface area (Å²) in [7, 11) is 0. The largest absolute Gasteiger partial charge is 0.375 e. The van der Waals surface area contributed by atoms with Crippen molar-refractivity contribution in [1.29, 1.82) is 0 Å². The van der Waals surface area contributed by atoms with Gasteiger partial charge in [-0.25, -0.2) is 0 Å². The van der Waals surface area contributed by atoms with Crippen LogP contribution in [0.5, 0.6) is 0 Å². The number of nitrogens with zero attached hydrogens (tertiary/aromatic N) is 2. The Morgan fingerprint density at radius 2 is 1.62 bits per heavy atom. The van der Waals surface area contributed by atoms with Gasteiger partial charge in [0.25, 0.3) is 0 Å². The van der Waals surface area contributed by atoms with Gasteiger partial charge in [0.15, 0.2) is 0 Å². The molecule has 3 atom stereocenters. The fraction of sp³-hybridized carbons (Fsp3) is 0.895. The summed E-state index contributed by atoms with van der Waals surface area (Å²) >= 11 is 0. The predicted octanol–water partition coefficient (Wildman–Crippen LogP) is 4.09. The van der Waals surface area contributed by atoms with E-state index in [9.17, 15) is 0 Å². The van der Waals surface area contributed by atoms with E-state index in [1.54, 1.807) is 0 Å². The van der Waals surface area contributed by atoms with Gasteiger partial charge in [-0.2, -0.15) is 0 Å². The molecule has 2 heterocycles. The van der Waals surface area contributed by atoms with Gasteiger partial charge in [-0.15, -0.1) is 0 Å². The molecule has 21 heavy (non-hydrogen) atoms. The Kier molecular flexibility index (Phi) is 5.76. The fourth-order valence-corrected chi connectivity index (χ4v) is 4.37. The van der Waals surface area contributed by atoms with Crippen molar-refractivity contribution in [3.8, 4) is 0 Å². The number of hydrogen-bond acceptors (Lipinski definition) is 2. The fourth-order valence-electron chi connectivity index (χ4n) is 4.37. The lowest BCUT2D eigenvalue weighted by Gasteiger charge is -2.45. The van der Waals surface area contributed by atoms with Crippen molar-refractivity contribution in [3.63, 3.8) is 0 Å². The minimum absolute atomic E-state index is 0.785. The minimum atomic E-state index is 0.785. The third-order valence-electron chi connectivity index (χ3n) is 6.06. The lowest BCUT2D eigenvalue weighted by Crippen LogP contribution is -2.48. The molecule has 2 rings (SSSR count). The second kappa shape index (κ2) is 7.17. The zero-order valence-corrected chi connectivity index (χ0v) is 14.9. The van der Waals surface area contributed by atoms with Gasteiger partial charge in [-0.1, -0.05) is 34.3 Å². The van der Waals surface area contributed by atoms with E-state index in [0.717, 1.165) is 29.6 Å². The highest BCUT2D eigenvalue weighted by Crippen LogP contribution is 2.32. The van der Waals surface area contributed by atoms with Gasteiger partial charge in [0.2, 0.25) is 0 Å². The van der Waals surface area contributed by atoms with E-state index < -0.39 is 0 Å². The SMILES string of the molecule is C=C(C)N1C[C@@H](C)C(CN2CCC(C(C)C)CC2)[C@@H](C)C1. The smallest absolute Gasteiger partial charge is 0.0203 e. The highest BCUT2D eigenvalue weighted by Gasteiger charge is 2.33. The van der Waals surface area contributed by atoms with Gasteiger partial charge in [-0.05, 0) is 62.4 Å². The number of rotatable bonds is 4. The van der Waals surface area contributed by atoms with Crippen LogP contribution in [0.2, 0.25) is 0 Å². The van der Waals surface area contributed by atoms with E-state index in [1.807, 2.05) is 0 Å². The van der Waals surface area contributed by atoms with Crippen LogP contribution < -0.4 is 0 Å². The molecule has 2 aliphatic heterocycles. The van der Waals surface area contributed by atoms with Gasteiger partial charge in [-0.3, -0.25) is 0 Å². The average Bonchev–Trinajstić information content (AvgIpc) is 2.43. The summed E-state index contributed by atoms with van der Waals surface area (Å²) in [6.07, 6.45) is 2.82. The summed E-state index contributed by atoms with van der Waals surface area (Å²) in [4.78, 5) is 5.23. The van der Waals surface area contributed by atoms with Gasteiger partial charge in [0.1, 0.15) is 0 Å². The molecule has 0 spiro atoms. The molecule has 0 aromatic heterocycles. The first-order valence-corrected chi connectivity index (χ1v) is 9.01. The Bertz CT molecular complexity index is 329. The average molecular weight is 293 g/mol. The van der Waals surface area contributed by atoms with Gasteiger partial charge >= 0.3 is 0 Å². The second-order valence-electron chi connectivity index (χ2n) is 8.14. The molecule has 0 aromatic carbocycles. The highest BCUT2D eigenvalue weighted by atomic mass is 15.2. The Balaban J connectivity index is 1.84. The summed E-state index contributed by atoms with van der Waals surface area (Å²) in [5.41, 5.74) is 1.24. The van der Waals surface area contributed by atoms with Crippen LogP contribution in [0.1, 0.15) is 47.5 Å². The molecule has 1 unspecified atom stereocenters. The molecule has 2 nitrogen and oxygen atoms in total. The molecule has 0 bridgehead atoms. The van der Waals surface area contributed by atoms with Crippen LogP contribution in [0, 0.1) is 29.6 Å². The number of likely N-dealkylation sites (tertiary alicyclic amines) is 2. The van der Waals surface area contributed by atoms with Crippen molar-refractivity contribution in [2.75, 3.05) is 32.7 Å². The van der Waals surface area contributed by atoms with E-state index in [1.165, 1.54) is 51.3 Å². The van der Waals surface area contributed by atoms with Crippen molar-refractivity contribution in [2.45, 2.75) is 47.5 Å². The molecular formula is C19H36N2. The molecule has 0 N–H and O–H groups in total. The first kappa shape index (κ1) is 16.9. The van der Waals surface area contributed by atoms with Crippen LogP contribution in [0.25, 0.3) is 0 Å². The normalized spacial score (nSPS) is 32.7. The van der Waals surface area contributed by atoms with E-state index in [-0.39, 0.29) is 0 Å². The lowest BCUT2D eigenvalue weighted by atomic mass is 9.78. The summed E-state index contributed by atoms with van der Waals surface area (Å²) < 4.78 is 0. The minimum Gasteiger partial charge on any atom is -0.375 e. The molecule has 2 heteroatoms. The molecule has 2 fully saturated rings. The Hall–Kier alpha value is -0.500. The van der Waals surface area contributed by atoms with E-state index in [2.05, 4.69) is 51.0 Å². The van der Waals surface area contributed by atoms with Crippen LogP contribution in [0.15, 0.2) is 12.3 Å². The first-order valence-electron chi connectivity index (χ1n) is 9.01. The van der Waals surface area contributed by atoms with Crippen LogP contribution in [0.3, 0.4) is 0 Å². The third-order valence-corrected chi connectivity index (χ3v) is 6.06. The standard InChI is InChI=1S/C19H36N2/c1-14(2)18-7-9-20(10-8-18)13-19-16(5)11-21(15(3)4)12-17(19)6/h14,16-19H,3,7-13H2,1-2,4-6H3/t16-,17+,19?. The summed E-state index contributed by atoms with van der Waals surface area (Å²) in [5.74, 6) is 4.25. The number of allylic oxidation sites excluding steroid dienone is 1. The molecule has 0 amide bonds. The van der Waals surface area contributed by atoms with Gasteiger partial charge < -0.3 is 9.80 Å². The summed E-state index contributed by atoms with van der Waals surface area (Å²) in [6, 6.07) is 0.